The summed E-state index contributed by atoms with van der Waals surface area (Å²) in [5.41, 5.74) is 2.21. The number of allylic oxidation sites excluding steroid dienone is 1. The van der Waals surface area contributed by atoms with Gasteiger partial charge in [-0.25, -0.2) is 0 Å². The highest BCUT2D eigenvalue weighted by Gasteiger charge is 2.24. The van der Waals surface area contributed by atoms with Gasteiger partial charge < -0.3 is 4.90 Å². The van der Waals surface area contributed by atoms with E-state index in [1.54, 1.807) is 11.0 Å². The molecule has 0 aliphatic heterocycles. The smallest absolute Gasteiger partial charge is 0.229 e. The molecule has 0 radical (unpaired) electrons. The van der Waals surface area contributed by atoms with E-state index in [1.807, 2.05) is 32.2 Å². The SMILES string of the molecule is C=CC[C@@H](C)C(=O)N(C)c1ccccc1C(C)(C)C. The number of hydrogen-bond donors (Lipinski definition) is 0. The zero-order chi connectivity index (χ0) is 14.6. The van der Waals surface area contributed by atoms with Crippen molar-refractivity contribution in [2.75, 3.05) is 11.9 Å². The van der Waals surface area contributed by atoms with Crippen molar-refractivity contribution in [3.63, 3.8) is 0 Å². The Morgan fingerprint density at radius 1 is 1.37 bits per heavy atom. The molecule has 0 bridgehead atoms. The molecule has 0 unspecified atom stereocenters. The molecular weight excluding hydrogens is 234 g/mol. The maximum atomic E-state index is 12.4. The molecule has 0 N–H and O–H groups in total. The van der Waals surface area contributed by atoms with Crippen molar-refractivity contribution in [3.8, 4) is 0 Å². The lowest BCUT2D eigenvalue weighted by atomic mass is 9.85. The fourth-order valence-electron chi connectivity index (χ4n) is 2.20. The maximum absolute atomic E-state index is 12.4. The normalized spacial score (nSPS) is 12.9. The number of amides is 1. The number of carbonyl (C=O) groups is 1. The molecule has 0 saturated carbocycles. The Morgan fingerprint density at radius 2 is 1.95 bits per heavy atom. The summed E-state index contributed by atoms with van der Waals surface area (Å²) in [6, 6.07) is 8.11. The molecule has 2 heteroatoms. The number of benzene rings is 1. The van der Waals surface area contributed by atoms with Crippen LogP contribution in [0.4, 0.5) is 5.69 Å². The van der Waals surface area contributed by atoms with Crippen molar-refractivity contribution < 1.29 is 4.79 Å². The number of anilines is 1. The van der Waals surface area contributed by atoms with Gasteiger partial charge in [0.1, 0.15) is 0 Å². The summed E-state index contributed by atoms with van der Waals surface area (Å²) in [4.78, 5) is 14.2. The van der Waals surface area contributed by atoms with E-state index in [9.17, 15) is 4.79 Å². The fourth-order valence-corrected chi connectivity index (χ4v) is 2.20. The molecule has 2 nitrogen and oxygen atoms in total. The van der Waals surface area contributed by atoms with Gasteiger partial charge in [-0.05, 0) is 23.5 Å². The summed E-state index contributed by atoms with van der Waals surface area (Å²) in [7, 11) is 1.85. The Morgan fingerprint density at radius 3 is 2.47 bits per heavy atom. The third kappa shape index (κ3) is 3.69. The van der Waals surface area contributed by atoms with Gasteiger partial charge in [0, 0.05) is 18.7 Å². The van der Waals surface area contributed by atoms with Crippen molar-refractivity contribution in [2.24, 2.45) is 5.92 Å². The van der Waals surface area contributed by atoms with E-state index in [0.717, 1.165) is 5.69 Å². The number of para-hydroxylation sites is 1. The van der Waals surface area contributed by atoms with Crippen LogP contribution in [0.1, 0.15) is 39.7 Å². The zero-order valence-electron chi connectivity index (χ0n) is 12.7. The Labute approximate surface area is 117 Å². The first kappa shape index (κ1) is 15.5. The Bertz CT molecular complexity index is 457. The lowest BCUT2D eigenvalue weighted by Crippen LogP contribution is -2.33. The van der Waals surface area contributed by atoms with E-state index in [2.05, 4.69) is 33.4 Å². The molecule has 0 heterocycles. The van der Waals surface area contributed by atoms with E-state index >= 15 is 0 Å². The zero-order valence-corrected chi connectivity index (χ0v) is 12.7. The third-order valence-electron chi connectivity index (χ3n) is 3.35. The average molecular weight is 259 g/mol. The van der Waals surface area contributed by atoms with E-state index < -0.39 is 0 Å². The predicted molar refractivity (Wildman–Crippen MR) is 82.5 cm³/mol. The number of hydrogen-bond acceptors (Lipinski definition) is 1. The van der Waals surface area contributed by atoms with Gasteiger partial charge in [0.2, 0.25) is 5.91 Å². The van der Waals surface area contributed by atoms with Crippen molar-refractivity contribution in [3.05, 3.63) is 42.5 Å². The van der Waals surface area contributed by atoms with Gasteiger partial charge in [-0.3, -0.25) is 4.79 Å². The van der Waals surface area contributed by atoms with Crippen molar-refractivity contribution in [1.82, 2.24) is 0 Å². The van der Waals surface area contributed by atoms with Gasteiger partial charge in [-0.2, -0.15) is 0 Å². The van der Waals surface area contributed by atoms with Gasteiger partial charge in [0.05, 0.1) is 0 Å². The molecule has 0 saturated heterocycles. The molecule has 0 aliphatic carbocycles. The highest BCUT2D eigenvalue weighted by molar-refractivity contribution is 5.95. The summed E-state index contributed by atoms with van der Waals surface area (Å²) in [6.45, 7) is 12.1. The third-order valence-corrected chi connectivity index (χ3v) is 3.35. The largest absolute Gasteiger partial charge is 0.315 e. The molecule has 1 amide bonds. The predicted octanol–water partition coefficient (Wildman–Crippen LogP) is 4.16. The van der Waals surface area contributed by atoms with Crippen LogP contribution in [-0.4, -0.2) is 13.0 Å². The van der Waals surface area contributed by atoms with Gasteiger partial charge in [0.25, 0.3) is 0 Å². The number of rotatable bonds is 4. The molecule has 0 fully saturated rings. The first-order valence-corrected chi connectivity index (χ1v) is 6.77. The monoisotopic (exact) mass is 259 g/mol. The van der Waals surface area contributed by atoms with Crippen LogP contribution in [0.15, 0.2) is 36.9 Å². The minimum atomic E-state index is -0.0319. The van der Waals surface area contributed by atoms with E-state index in [-0.39, 0.29) is 17.2 Å². The maximum Gasteiger partial charge on any atom is 0.229 e. The van der Waals surface area contributed by atoms with Crippen LogP contribution >= 0.6 is 0 Å². The van der Waals surface area contributed by atoms with E-state index in [1.165, 1.54) is 5.56 Å². The summed E-state index contributed by atoms with van der Waals surface area (Å²) in [6.07, 6.45) is 2.51. The standard InChI is InChI=1S/C17H25NO/c1-7-10-13(2)16(19)18(6)15-12-9-8-11-14(15)17(3,4)5/h7-9,11-13H,1,10H2,2-6H3/t13-/m1/s1. The van der Waals surface area contributed by atoms with Crippen molar-refractivity contribution in [1.29, 1.82) is 0 Å². The van der Waals surface area contributed by atoms with Gasteiger partial charge in [0.15, 0.2) is 0 Å². The molecule has 0 spiro atoms. The average Bonchev–Trinajstić information content (AvgIpc) is 2.36. The van der Waals surface area contributed by atoms with Crippen LogP contribution in [0.25, 0.3) is 0 Å². The van der Waals surface area contributed by atoms with Gasteiger partial charge >= 0.3 is 0 Å². The quantitative estimate of drug-likeness (QED) is 0.743. The highest BCUT2D eigenvalue weighted by atomic mass is 16.2. The Kier molecular flexibility index (Phi) is 4.93. The molecular formula is C17H25NO. The fraction of sp³-hybridized carbons (Fsp3) is 0.471. The van der Waals surface area contributed by atoms with Gasteiger partial charge in [-0.15, -0.1) is 6.58 Å². The molecule has 19 heavy (non-hydrogen) atoms. The molecule has 0 aromatic heterocycles. The van der Waals surface area contributed by atoms with Gasteiger partial charge in [-0.1, -0.05) is 52.0 Å². The van der Waals surface area contributed by atoms with E-state index in [0.29, 0.717) is 6.42 Å². The lowest BCUT2D eigenvalue weighted by molar-refractivity contribution is -0.121. The molecule has 104 valence electrons. The molecule has 1 aromatic rings. The molecule has 1 atom stereocenters. The molecule has 1 aromatic carbocycles. The Hall–Kier alpha value is -1.57. The van der Waals surface area contributed by atoms with Crippen LogP contribution in [0.3, 0.4) is 0 Å². The number of carbonyl (C=O) groups excluding carboxylic acids is 1. The highest BCUT2D eigenvalue weighted by Crippen LogP contribution is 2.32. The minimum Gasteiger partial charge on any atom is -0.315 e. The minimum absolute atomic E-state index is 0.0206. The lowest BCUT2D eigenvalue weighted by Gasteiger charge is -2.29. The first-order valence-electron chi connectivity index (χ1n) is 6.77. The second-order valence-electron chi connectivity index (χ2n) is 6.09. The summed E-state index contributed by atoms with van der Waals surface area (Å²) >= 11 is 0. The molecule has 0 aliphatic rings. The van der Waals surface area contributed by atoms with Crippen LogP contribution in [-0.2, 0) is 10.2 Å². The van der Waals surface area contributed by atoms with Crippen LogP contribution < -0.4 is 4.90 Å². The summed E-state index contributed by atoms with van der Waals surface area (Å²) in [5, 5.41) is 0. The van der Waals surface area contributed by atoms with Crippen LogP contribution in [0.2, 0.25) is 0 Å². The first-order chi connectivity index (χ1) is 8.79. The molecule has 1 rings (SSSR count). The Balaban J connectivity index is 3.10. The summed E-state index contributed by atoms with van der Waals surface area (Å²) < 4.78 is 0. The van der Waals surface area contributed by atoms with Crippen molar-refractivity contribution >= 4 is 11.6 Å². The second-order valence-corrected chi connectivity index (χ2v) is 6.09. The second kappa shape index (κ2) is 6.05. The number of nitrogens with zero attached hydrogens (tertiary/aromatic N) is 1. The van der Waals surface area contributed by atoms with Crippen LogP contribution in [0, 0.1) is 5.92 Å². The van der Waals surface area contributed by atoms with Crippen LogP contribution in [0.5, 0.6) is 0 Å². The van der Waals surface area contributed by atoms with Crippen molar-refractivity contribution in [2.45, 2.75) is 39.5 Å². The van der Waals surface area contributed by atoms with E-state index in [4.69, 9.17) is 0 Å². The summed E-state index contributed by atoms with van der Waals surface area (Å²) in [5.74, 6) is 0.104. The topological polar surface area (TPSA) is 20.3 Å².